The van der Waals surface area contributed by atoms with Gasteiger partial charge in [-0.3, -0.25) is 0 Å². The first-order chi connectivity index (χ1) is 13.5. The lowest BCUT2D eigenvalue weighted by atomic mass is 10.2. The second-order valence-corrected chi connectivity index (χ2v) is 9.94. The van der Waals surface area contributed by atoms with Crippen molar-refractivity contribution in [3.05, 3.63) is 60.2 Å². The molecular weight excluding hydrogens is 372 g/mol. The first-order valence-electron chi connectivity index (χ1n) is 9.70. The molecule has 7 heteroatoms. The quantitative estimate of drug-likeness (QED) is 0.663. The molecule has 0 unspecified atom stereocenters. The number of anilines is 1. The smallest absolute Gasteiger partial charge is 0.216 e. The molecule has 0 atom stereocenters. The summed E-state index contributed by atoms with van der Waals surface area (Å²) in [6.07, 6.45) is 0. The molecule has 0 amide bonds. The van der Waals surface area contributed by atoms with Crippen LogP contribution in [0.25, 0.3) is 11.0 Å². The largest absolute Gasteiger partial charge is 0.340 e. The summed E-state index contributed by atoms with van der Waals surface area (Å²) in [5.74, 6) is 0.909. The van der Waals surface area contributed by atoms with Gasteiger partial charge in [-0.25, -0.2) is 13.4 Å². The monoisotopic (exact) mass is 398 g/mol. The third-order valence-corrected chi connectivity index (χ3v) is 7.57. The van der Waals surface area contributed by atoms with Gasteiger partial charge < -0.3 is 9.47 Å². The van der Waals surface area contributed by atoms with Gasteiger partial charge >= 0.3 is 0 Å². The van der Waals surface area contributed by atoms with E-state index in [1.54, 1.807) is 18.2 Å². The van der Waals surface area contributed by atoms with Gasteiger partial charge in [0.15, 0.2) is 0 Å². The summed E-state index contributed by atoms with van der Waals surface area (Å²) in [6, 6.07) is 18.5. The Bertz CT molecular complexity index is 1050. The number of fused-ring (bicyclic) bond motifs is 1. The molecular formula is C21H26N4O2S. The Balaban J connectivity index is 1.63. The fourth-order valence-electron chi connectivity index (χ4n) is 3.67. The second-order valence-electron chi connectivity index (χ2n) is 7.45. The molecule has 1 aliphatic rings. The average Bonchev–Trinajstić information content (AvgIpc) is 3.07. The van der Waals surface area contributed by atoms with Gasteiger partial charge in [-0.15, -0.1) is 0 Å². The number of rotatable bonds is 5. The minimum absolute atomic E-state index is 0.387. The standard InChI is InChI=1S/C21H26N4O2S/c1-17(2)28(26,27)24-14-12-23(13-15-24)21-22-19-10-6-7-11-20(19)25(21)16-18-8-4-3-5-9-18/h3-11,17H,12-16H2,1-2H3. The molecule has 0 bridgehead atoms. The molecule has 148 valence electrons. The average molecular weight is 399 g/mol. The Labute approximate surface area is 166 Å². The summed E-state index contributed by atoms with van der Waals surface area (Å²) < 4.78 is 28.8. The molecule has 6 nitrogen and oxygen atoms in total. The Hall–Kier alpha value is -2.38. The summed E-state index contributed by atoms with van der Waals surface area (Å²) in [5.41, 5.74) is 3.28. The summed E-state index contributed by atoms with van der Waals surface area (Å²) in [5, 5.41) is -0.387. The predicted molar refractivity (Wildman–Crippen MR) is 113 cm³/mol. The van der Waals surface area contributed by atoms with Gasteiger partial charge in [0.05, 0.1) is 22.8 Å². The van der Waals surface area contributed by atoms with E-state index in [9.17, 15) is 8.42 Å². The topological polar surface area (TPSA) is 58.4 Å². The minimum Gasteiger partial charge on any atom is -0.340 e. The van der Waals surface area contributed by atoms with Crippen LogP contribution in [0, 0.1) is 0 Å². The molecule has 2 heterocycles. The van der Waals surface area contributed by atoms with Crippen LogP contribution in [0.2, 0.25) is 0 Å². The molecule has 1 fully saturated rings. The van der Waals surface area contributed by atoms with Crippen LogP contribution < -0.4 is 4.90 Å². The fraction of sp³-hybridized carbons (Fsp3) is 0.381. The Morgan fingerprint density at radius 2 is 1.57 bits per heavy atom. The summed E-state index contributed by atoms with van der Waals surface area (Å²) in [7, 11) is -3.21. The molecule has 28 heavy (non-hydrogen) atoms. The van der Waals surface area contributed by atoms with Crippen molar-refractivity contribution >= 4 is 27.0 Å². The highest BCUT2D eigenvalue weighted by molar-refractivity contribution is 7.89. The minimum atomic E-state index is -3.21. The van der Waals surface area contributed by atoms with Crippen molar-refractivity contribution in [2.24, 2.45) is 0 Å². The lowest BCUT2D eigenvalue weighted by Crippen LogP contribution is -2.51. The van der Waals surface area contributed by atoms with Crippen molar-refractivity contribution in [1.82, 2.24) is 13.9 Å². The maximum atomic E-state index is 12.5. The van der Waals surface area contributed by atoms with E-state index in [-0.39, 0.29) is 5.25 Å². The van der Waals surface area contributed by atoms with Crippen molar-refractivity contribution in [2.75, 3.05) is 31.1 Å². The van der Waals surface area contributed by atoms with E-state index in [4.69, 9.17) is 4.98 Å². The molecule has 0 radical (unpaired) electrons. The Morgan fingerprint density at radius 1 is 0.929 bits per heavy atom. The van der Waals surface area contributed by atoms with Crippen LogP contribution in [-0.4, -0.2) is 53.7 Å². The van der Waals surface area contributed by atoms with Crippen molar-refractivity contribution < 1.29 is 8.42 Å². The number of para-hydroxylation sites is 2. The number of hydrogen-bond donors (Lipinski definition) is 0. The zero-order valence-electron chi connectivity index (χ0n) is 16.3. The van der Waals surface area contributed by atoms with Crippen LogP contribution in [-0.2, 0) is 16.6 Å². The highest BCUT2D eigenvalue weighted by Crippen LogP contribution is 2.25. The van der Waals surface area contributed by atoms with E-state index in [1.807, 2.05) is 36.4 Å². The number of sulfonamides is 1. The molecule has 0 saturated carbocycles. The number of nitrogens with zero attached hydrogens (tertiary/aromatic N) is 4. The molecule has 1 saturated heterocycles. The van der Waals surface area contributed by atoms with Crippen LogP contribution in [0.15, 0.2) is 54.6 Å². The highest BCUT2D eigenvalue weighted by atomic mass is 32.2. The lowest BCUT2D eigenvalue weighted by Gasteiger charge is -2.35. The summed E-state index contributed by atoms with van der Waals surface area (Å²) in [4.78, 5) is 7.08. The highest BCUT2D eigenvalue weighted by Gasteiger charge is 2.30. The zero-order valence-corrected chi connectivity index (χ0v) is 17.1. The van der Waals surface area contributed by atoms with Crippen LogP contribution in [0.3, 0.4) is 0 Å². The molecule has 1 aliphatic heterocycles. The number of imidazole rings is 1. The number of benzene rings is 2. The summed E-state index contributed by atoms with van der Waals surface area (Å²) >= 11 is 0. The van der Waals surface area contributed by atoms with Crippen LogP contribution in [0.1, 0.15) is 19.4 Å². The number of piperazine rings is 1. The van der Waals surface area contributed by atoms with Crippen LogP contribution >= 0.6 is 0 Å². The summed E-state index contributed by atoms with van der Waals surface area (Å²) in [6.45, 7) is 6.49. The molecule has 0 spiro atoms. The maximum absolute atomic E-state index is 12.5. The molecule has 2 aromatic carbocycles. The van der Waals surface area contributed by atoms with Gasteiger partial charge in [-0.1, -0.05) is 42.5 Å². The fourth-order valence-corrected chi connectivity index (χ4v) is 4.94. The molecule has 3 aromatic rings. The van der Waals surface area contributed by atoms with Crippen LogP contribution in [0.5, 0.6) is 0 Å². The van der Waals surface area contributed by atoms with Crippen molar-refractivity contribution in [3.63, 3.8) is 0 Å². The first-order valence-corrected chi connectivity index (χ1v) is 11.2. The van der Waals surface area contributed by atoms with E-state index in [0.29, 0.717) is 26.2 Å². The SMILES string of the molecule is CC(C)S(=O)(=O)N1CCN(c2nc3ccccc3n2Cc2ccccc2)CC1. The van der Waals surface area contributed by atoms with E-state index in [0.717, 1.165) is 23.5 Å². The van der Waals surface area contributed by atoms with Crippen molar-refractivity contribution in [1.29, 1.82) is 0 Å². The second kappa shape index (κ2) is 7.56. The molecule has 0 aliphatic carbocycles. The van der Waals surface area contributed by atoms with Gasteiger partial charge in [0.2, 0.25) is 16.0 Å². The number of aromatic nitrogens is 2. The third kappa shape index (κ3) is 3.52. The third-order valence-electron chi connectivity index (χ3n) is 5.30. The normalized spacial score (nSPS) is 16.2. The van der Waals surface area contributed by atoms with E-state index >= 15 is 0 Å². The van der Waals surface area contributed by atoms with Gasteiger partial charge in [0.25, 0.3) is 0 Å². The van der Waals surface area contributed by atoms with E-state index in [1.165, 1.54) is 5.56 Å². The van der Waals surface area contributed by atoms with Gasteiger partial charge in [-0.2, -0.15) is 4.31 Å². The zero-order chi connectivity index (χ0) is 19.7. The van der Waals surface area contributed by atoms with Gasteiger partial charge in [0.1, 0.15) is 0 Å². The Kier molecular flexibility index (Phi) is 5.12. The van der Waals surface area contributed by atoms with Gasteiger partial charge in [0, 0.05) is 26.2 Å². The van der Waals surface area contributed by atoms with Crippen LogP contribution in [0.4, 0.5) is 5.95 Å². The van der Waals surface area contributed by atoms with Gasteiger partial charge in [-0.05, 0) is 31.5 Å². The Morgan fingerprint density at radius 3 is 2.25 bits per heavy atom. The van der Waals surface area contributed by atoms with Crippen molar-refractivity contribution in [3.8, 4) is 0 Å². The molecule has 0 N–H and O–H groups in total. The van der Waals surface area contributed by atoms with Crippen molar-refractivity contribution in [2.45, 2.75) is 25.6 Å². The molecule has 4 rings (SSSR count). The van der Waals surface area contributed by atoms with E-state index in [2.05, 4.69) is 27.7 Å². The lowest BCUT2D eigenvalue weighted by molar-refractivity contribution is 0.377. The number of hydrogen-bond acceptors (Lipinski definition) is 4. The molecule has 1 aromatic heterocycles. The van der Waals surface area contributed by atoms with E-state index < -0.39 is 10.0 Å². The maximum Gasteiger partial charge on any atom is 0.216 e. The predicted octanol–water partition coefficient (Wildman–Crippen LogP) is 2.94. The first kappa shape index (κ1) is 19.0.